The second-order valence-corrected chi connectivity index (χ2v) is 5.44. The van der Waals surface area contributed by atoms with Gasteiger partial charge in [-0.25, -0.2) is 14.8 Å². The molecular formula is C16H19N7O2. The van der Waals surface area contributed by atoms with Gasteiger partial charge in [-0.2, -0.15) is 10.2 Å². The number of aromatic nitrogens is 6. The van der Waals surface area contributed by atoms with E-state index in [0.717, 1.165) is 5.69 Å². The summed E-state index contributed by atoms with van der Waals surface area (Å²) in [4.78, 5) is 20.5. The van der Waals surface area contributed by atoms with Crippen LogP contribution in [0.15, 0.2) is 24.4 Å². The fourth-order valence-electron chi connectivity index (χ4n) is 2.29. The minimum Gasteiger partial charge on any atom is -0.461 e. The standard InChI is InChI=1S/C16H19N7O2/c1-5-25-15(24)13-9-12(20-23(13)4)11-6-7-17-16(18-11)19-14-8-10(2)22(3)21-14/h6-9H,5H2,1-4H3,(H,17,18,19,21). The molecule has 0 amide bonds. The van der Waals surface area contributed by atoms with E-state index in [9.17, 15) is 4.79 Å². The number of carbonyl (C=O) groups is 1. The topological polar surface area (TPSA) is 99.8 Å². The molecule has 3 aromatic heterocycles. The molecule has 0 aromatic carbocycles. The number of hydrogen-bond donors (Lipinski definition) is 1. The fourth-order valence-corrected chi connectivity index (χ4v) is 2.29. The summed E-state index contributed by atoms with van der Waals surface area (Å²) in [5, 5.41) is 11.7. The number of nitrogens with zero attached hydrogens (tertiary/aromatic N) is 6. The van der Waals surface area contributed by atoms with Crippen LogP contribution in [0.2, 0.25) is 0 Å². The first-order valence-electron chi connectivity index (χ1n) is 7.80. The minimum absolute atomic E-state index is 0.310. The smallest absolute Gasteiger partial charge is 0.356 e. The summed E-state index contributed by atoms with van der Waals surface area (Å²) in [5.41, 5.74) is 2.54. The normalized spacial score (nSPS) is 10.7. The Labute approximate surface area is 144 Å². The Bertz CT molecular complexity index is 894. The maximum atomic E-state index is 11.9. The number of carbonyl (C=O) groups excluding carboxylic acids is 1. The lowest BCUT2D eigenvalue weighted by molar-refractivity contribution is 0.0513. The zero-order valence-electron chi connectivity index (χ0n) is 14.5. The molecule has 3 rings (SSSR count). The number of rotatable bonds is 5. The molecule has 0 fully saturated rings. The minimum atomic E-state index is -0.417. The number of esters is 1. The molecule has 0 aliphatic carbocycles. The van der Waals surface area contributed by atoms with E-state index in [0.29, 0.717) is 35.5 Å². The van der Waals surface area contributed by atoms with Crippen molar-refractivity contribution >= 4 is 17.7 Å². The number of anilines is 2. The van der Waals surface area contributed by atoms with Gasteiger partial charge in [-0.15, -0.1) is 0 Å². The Balaban J connectivity index is 1.86. The van der Waals surface area contributed by atoms with E-state index in [-0.39, 0.29) is 0 Å². The third-order valence-corrected chi connectivity index (χ3v) is 3.64. The van der Waals surface area contributed by atoms with Crippen molar-refractivity contribution in [2.45, 2.75) is 13.8 Å². The highest BCUT2D eigenvalue weighted by Gasteiger charge is 2.16. The molecule has 0 atom stereocenters. The molecule has 0 radical (unpaired) electrons. The van der Waals surface area contributed by atoms with Crippen LogP contribution in [0.25, 0.3) is 11.4 Å². The highest BCUT2D eigenvalue weighted by atomic mass is 16.5. The molecule has 9 nitrogen and oxygen atoms in total. The van der Waals surface area contributed by atoms with Crippen LogP contribution in [-0.2, 0) is 18.8 Å². The van der Waals surface area contributed by atoms with Crippen LogP contribution >= 0.6 is 0 Å². The van der Waals surface area contributed by atoms with Crippen LogP contribution in [0.3, 0.4) is 0 Å². The molecule has 0 unspecified atom stereocenters. The third kappa shape index (κ3) is 3.49. The van der Waals surface area contributed by atoms with Crippen molar-refractivity contribution < 1.29 is 9.53 Å². The van der Waals surface area contributed by atoms with Crippen molar-refractivity contribution in [1.29, 1.82) is 0 Å². The van der Waals surface area contributed by atoms with E-state index in [2.05, 4.69) is 25.5 Å². The summed E-state index contributed by atoms with van der Waals surface area (Å²) in [6.07, 6.45) is 1.62. The van der Waals surface area contributed by atoms with Gasteiger partial charge in [-0.1, -0.05) is 0 Å². The zero-order valence-corrected chi connectivity index (χ0v) is 14.5. The van der Waals surface area contributed by atoms with Gasteiger partial charge in [0.05, 0.1) is 12.3 Å². The van der Waals surface area contributed by atoms with E-state index >= 15 is 0 Å². The largest absolute Gasteiger partial charge is 0.461 e. The van der Waals surface area contributed by atoms with Gasteiger partial charge in [0, 0.05) is 38.1 Å². The number of ether oxygens (including phenoxy) is 1. The Morgan fingerprint density at radius 3 is 2.68 bits per heavy atom. The third-order valence-electron chi connectivity index (χ3n) is 3.64. The Hall–Kier alpha value is -3.23. The first-order chi connectivity index (χ1) is 12.0. The van der Waals surface area contributed by atoms with Crippen LogP contribution in [0.1, 0.15) is 23.1 Å². The Kier molecular flexibility index (Phi) is 4.46. The highest BCUT2D eigenvalue weighted by Crippen LogP contribution is 2.19. The highest BCUT2D eigenvalue weighted by molar-refractivity contribution is 5.88. The van der Waals surface area contributed by atoms with E-state index in [1.54, 1.807) is 37.0 Å². The molecule has 1 N–H and O–H groups in total. The van der Waals surface area contributed by atoms with Crippen LogP contribution in [0, 0.1) is 6.92 Å². The van der Waals surface area contributed by atoms with Gasteiger partial charge in [0.1, 0.15) is 11.4 Å². The molecular weight excluding hydrogens is 322 g/mol. The van der Waals surface area contributed by atoms with E-state index < -0.39 is 5.97 Å². The number of aryl methyl sites for hydroxylation is 3. The van der Waals surface area contributed by atoms with Gasteiger partial charge < -0.3 is 10.1 Å². The summed E-state index contributed by atoms with van der Waals surface area (Å²) in [5.74, 6) is 0.643. The average molecular weight is 341 g/mol. The number of hydrogen-bond acceptors (Lipinski definition) is 7. The van der Waals surface area contributed by atoms with E-state index in [1.165, 1.54) is 4.68 Å². The molecule has 0 aliphatic heterocycles. The molecule has 0 spiro atoms. The van der Waals surface area contributed by atoms with Crippen molar-refractivity contribution in [1.82, 2.24) is 29.5 Å². The summed E-state index contributed by atoms with van der Waals surface area (Å²) in [6, 6.07) is 5.27. The van der Waals surface area contributed by atoms with Gasteiger partial charge in [0.15, 0.2) is 5.82 Å². The molecule has 3 aromatic rings. The van der Waals surface area contributed by atoms with Crippen molar-refractivity contribution in [2.75, 3.05) is 11.9 Å². The van der Waals surface area contributed by atoms with E-state index in [1.807, 2.05) is 20.0 Å². The zero-order chi connectivity index (χ0) is 18.0. The first kappa shape index (κ1) is 16.6. The maximum Gasteiger partial charge on any atom is 0.356 e. The van der Waals surface area contributed by atoms with Crippen molar-refractivity contribution in [3.63, 3.8) is 0 Å². The van der Waals surface area contributed by atoms with Crippen molar-refractivity contribution in [3.8, 4) is 11.4 Å². The second kappa shape index (κ2) is 6.71. The van der Waals surface area contributed by atoms with Crippen LogP contribution < -0.4 is 5.32 Å². The molecule has 9 heteroatoms. The van der Waals surface area contributed by atoms with Gasteiger partial charge in [-0.05, 0) is 19.9 Å². The fraction of sp³-hybridized carbons (Fsp3) is 0.312. The lowest BCUT2D eigenvalue weighted by atomic mass is 10.3. The molecule has 0 saturated carbocycles. The molecule has 25 heavy (non-hydrogen) atoms. The van der Waals surface area contributed by atoms with Crippen LogP contribution in [-0.4, -0.2) is 42.1 Å². The maximum absolute atomic E-state index is 11.9. The predicted molar refractivity (Wildman–Crippen MR) is 91.4 cm³/mol. The summed E-state index contributed by atoms with van der Waals surface area (Å²) in [7, 11) is 3.55. The van der Waals surface area contributed by atoms with Gasteiger partial charge in [0.25, 0.3) is 0 Å². The SMILES string of the molecule is CCOC(=O)c1cc(-c2ccnc(Nc3cc(C)n(C)n3)n2)nn1C. The predicted octanol–water partition coefficient (Wildman–Crippen LogP) is 1.84. The lowest BCUT2D eigenvalue weighted by Crippen LogP contribution is -2.10. The average Bonchev–Trinajstić information content (AvgIpc) is 3.11. The molecule has 0 saturated heterocycles. The molecule has 3 heterocycles. The van der Waals surface area contributed by atoms with E-state index in [4.69, 9.17) is 4.74 Å². The summed E-state index contributed by atoms with van der Waals surface area (Å²) >= 11 is 0. The van der Waals surface area contributed by atoms with Gasteiger partial charge >= 0.3 is 5.97 Å². The summed E-state index contributed by atoms with van der Waals surface area (Å²) in [6.45, 7) is 4.03. The van der Waals surface area contributed by atoms with Gasteiger partial charge in [-0.3, -0.25) is 9.36 Å². The molecule has 130 valence electrons. The Morgan fingerprint density at radius 1 is 1.20 bits per heavy atom. The van der Waals surface area contributed by atoms with Crippen LogP contribution in [0.4, 0.5) is 11.8 Å². The second-order valence-electron chi connectivity index (χ2n) is 5.44. The molecule has 0 aliphatic rings. The monoisotopic (exact) mass is 341 g/mol. The summed E-state index contributed by atoms with van der Waals surface area (Å²) < 4.78 is 8.26. The van der Waals surface area contributed by atoms with Crippen molar-refractivity contribution in [2.24, 2.45) is 14.1 Å². The lowest BCUT2D eigenvalue weighted by Gasteiger charge is -2.02. The first-order valence-corrected chi connectivity index (χ1v) is 7.80. The number of nitrogens with one attached hydrogen (secondary N) is 1. The Morgan fingerprint density at radius 2 is 2.00 bits per heavy atom. The molecule has 0 bridgehead atoms. The van der Waals surface area contributed by atoms with Crippen molar-refractivity contribution in [3.05, 3.63) is 35.8 Å². The van der Waals surface area contributed by atoms with Crippen LogP contribution in [0.5, 0.6) is 0 Å². The van der Waals surface area contributed by atoms with Gasteiger partial charge in [0.2, 0.25) is 5.95 Å². The quantitative estimate of drug-likeness (QED) is 0.707.